The van der Waals surface area contributed by atoms with Crippen molar-refractivity contribution in [2.45, 2.75) is 13.5 Å². The molecule has 80 valence electrons. The van der Waals surface area contributed by atoms with Crippen LogP contribution in [-0.4, -0.2) is 26.5 Å². The lowest BCUT2D eigenvalue weighted by Gasteiger charge is -2.02. The molecule has 0 aliphatic heterocycles. The maximum atomic E-state index is 11.1. The Hall–Kier alpha value is -0.810. The van der Waals surface area contributed by atoms with Crippen molar-refractivity contribution in [1.82, 2.24) is 5.32 Å². The Balaban J connectivity index is 2.17. The molecule has 0 aliphatic rings. The molecule has 0 fully saturated rings. The second kappa shape index (κ2) is 5.17. The van der Waals surface area contributed by atoms with Gasteiger partial charge in [0, 0.05) is 24.4 Å². The molecule has 1 N–H and O–H groups in total. The van der Waals surface area contributed by atoms with E-state index in [2.05, 4.69) is 5.32 Å². The van der Waals surface area contributed by atoms with Crippen LogP contribution in [0.1, 0.15) is 12.5 Å². The third-order valence-electron chi connectivity index (χ3n) is 1.94. The van der Waals surface area contributed by atoms with Gasteiger partial charge >= 0.3 is 0 Å². The van der Waals surface area contributed by atoms with Gasteiger partial charge in [0.2, 0.25) is 0 Å². The highest BCUT2D eigenvalue weighted by Gasteiger charge is 2.05. The van der Waals surface area contributed by atoms with E-state index in [-0.39, 0.29) is 11.5 Å². The standard InChI is InChI=1S/C9H15NO3S/c1-2-14(11,12)6-4-10-7-9-3-5-13-8-9/h3,5,8,10H,2,4,6-7H2,1H3. The van der Waals surface area contributed by atoms with Crippen LogP contribution in [0.2, 0.25) is 0 Å². The highest BCUT2D eigenvalue weighted by Crippen LogP contribution is 1.98. The van der Waals surface area contributed by atoms with Crippen molar-refractivity contribution in [3.05, 3.63) is 24.2 Å². The third kappa shape index (κ3) is 3.93. The summed E-state index contributed by atoms with van der Waals surface area (Å²) in [5.74, 6) is 0.405. The van der Waals surface area contributed by atoms with Crippen molar-refractivity contribution in [3.63, 3.8) is 0 Å². The average Bonchev–Trinajstić information content (AvgIpc) is 2.65. The monoisotopic (exact) mass is 217 g/mol. The zero-order valence-corrected chi connectivity index (χ0v) is 9.01. The summed E-state index contributed by atoms with van der Waals surface area (Å²) in [4.78, 5) is 0. The molecule has 1 rings (SSSR count). The van der Waals surface area contributed by atoms with Crippen molar-refractivity contribution >= 4 is 9.84 Å². The SMILES string of the molecule is CCS(=O)(=O)CCNCc1ccoc1. The van der Waals surface area contributed by atoms with E-state index in [0.29, 0.717) is 13.1 Å². The minimum absolute atomic E-state index is 0.196. The summed E-state index contributed by atoms with van der Waals surface area (Å²) in [6.45, 7) is 2.79. The fourth-order valence-corrected chi connectivity index (χ4v) is 1.74. The molecule has 1 heterocycles. The lowest BCUT2D eigenvalue weighted by atomic mass is 10.3. The van der Waals surface area contributed by atoms with Gasteiger partial charge in [-0.05, 0) is 6.07 Å². The number of rotatable bonds is 6. The quantitative estimate of drug-likeness (QED) is 0.716. The Labute approximate surface area is 84.2 Å². The number of hydrogen-bond donors (Lipinski definition) is 1. The van der Waals surface area contributed by atoms with Crippen LogP contribution < -0.4 is 5.32 Å². The van der Waals surface area contributed by atoms with E-state index >= 15 is 0 Å². The zero-order chi connectivity index (χ0) is 10.4. The molecular weight excluding hydrogens is 202 g/mol. The minimum atomic E-state index is -2.85. The fourth-order valence-electron chi connectivity index (χ4n) is 0.998. The lowest BCUT2D eigenvalue weighted by Crippen LogP contribution is -2.23. The summed E-state index contributed by atoms with van der Waals surface area (Å²) < 4.78 is 27.1. The van der Waals surface area contributed by atoms with E-state index in [0.717, 1.165) is 5.56 Å². The van der Waals surface area contributed by atoms with Crippen molar-refractivity contribution in [1.29, 1.82) is 0 Å². The second-order valence-corrected chi connectivity index (χ2v) is 5.52. The molecule has 1 aromatic heterocycles. The molecule has 0 unspecified atom stereocenters. The highest BCUT2D eigenvalue weighted by atomic mass is 32.2. The molecule has 0 bridgehead atoms. The molecule has 14 heavy (non-hydrogen) atoms. The van der Waals surface area contributed by atoms with E-state index in [1.54, 1.807) is 19.5 Å². The van der Waals surface area contributed by atoms with Gasteiger partial charge in [0.1, 0.15) is 0 Å². The lowest BCUT2D eigenvalue weighted by molar-refractivity contribution is 0.560. The van der Waals surface area contributed by atoms with E-state index in [4.69, 9.17) is 4.42 Å². The molecular formula is C9H15NO3S. The van der Waals surface area contributed by atoms with Crippen molar-refractivity contribution in [3.8, 4) is 0 Å². The Morgan fingerprint density at radius 3 is 2.86 bits per heavy atom. The molecule has 0 radical (unpaired) electrons. The molecule has 0 amide bonds. The summed E-state index contributed by atoms with van der Waals surface area (Å²) in [7, 11) is -2.85. The van der Waals surface area contributed by atoms with Crippen molar-refractivity contribution in [2.24, 2.45) is 0 Å². The number of sulfone groups is 1. The van der Waals surface area contributed by atoms with Crippen LogP contribution in [0, 0.1) is 0 Å². The molecule has 0 spiro atoms. The number of nitrogens with one attached hydrogen (secondary N) is 1. The first-order valence-electron chi connectivity index (χ1n) is 4.56. The normalized spacial score (nSPS) is 11.8. The Morgan fingerprint density at radius 1 is 1.50 bits per heavy atom. The molecule has 0 saturated heterocycles. The van der Waals surface area contributed by atoms with Crippen LogP contribution in [0.15, 0.2) is 23.0 Å². The topological polar surface area (TPSA) is 59.3 Å². The summed E-state index contributed by atoms with van der Waals surface area (Å²) in [6, 6.07) is 1.85. The minimum Gasteiger partial charge on any atom is -0.472 e. The fraction of sp³-hybridized carbons (Fsp3) is 0.556. The van der Waals surface area contributed by atoms with E-state index < -0.39 is 9.84 Å². The average molecular weight is 217 g/mol. The molecule has 0 saturated carbocycles. The van der Waals surface area contributed by atoms with Crippen molar-refractivity contribution in [2.75, 3.05) is 18.1 Å². The first-order valence-corrected chi connectivity index (χ1v) is 6.38. The Kier molecular flexibility index (Phi) is 4.16. The predicted octanol–water partition coefficient (Wildman–Crippen LogP) is 0.804. The molecule has 0 atom stereocenters. The molecule has 0 aliphatic carbocycles. The van der Waals surface area contributed by atoms with Crippen LogP contribution in [-0.2, 0) is 16.4 Å². The Bertz CT molecular complexity index is 342. The predicted molar refractivity (Wildman–Crippen MR) is 54.7 cm³/mol. The van der Waals surface area contributed by atoms with Crippen molar-refractivity contribution < 1.29 is 12.8 Å². The maximum absolute atomic E-state index is 11.1. The van der Waals surface area contributed by atoms with Gasteiger partial charge < -0.3 is 9.73 Å². The first-order chi connectivity index (χ1) is 6.64. The van der Waals surface area contributed by atoms with Gasteiger partial charge in [-0.3, -0.25) is 0 Å². The molecule has 0 aromatic carbocycles. The summed E-state index contributed by atoms with van der Waals surface area (Å²) in [5, 5.41) is 3.04. The van der Waals surface area contributed by atoms with Gasteiger partial charge in [-0.25, -0.2) is 8.42 Å². The van der Waals surface area contributed by atoms with Gasteiger partial charge in [0.15, 0.2) is 9.84 Å². The van der Waals surface area contributed by atoms with Crippen LogP contribution >= 0.6 is 0 Å². The van der Waals surface area contributed by atoms with Gasteiger partial charge in [0.05, 0.1) is 18.3 Å². The van der Waals surface area contributed by atoms with Gasteiger partial charge in [-0.2, -0.15) is 0 Å². The summed E-state index contributed by atoms with van der Waals surface area (Å²) in [5.41, 5.74) is 1.03. The van der Waals surface area contributed by atoms with E-state index in [1.807, 2.05) is 6.07 Å². The smallest absolute Gasteiger partial charge is 0.151 e. The first kappa shape index (κ1) is 11.3. The molecule has 1 aromatic rings. The summed E-state index contributed by atoms with van der Waals surface area (Å²) in [6.07, 6.45) is 3.24. The van der Waals surface area contributed by atoms with Crippen LogP contribution in [0.5, 0.6) is 0 Å². The van der Waals surface area contributed by atoms with Gasteiger partial charge in [-0.15, -0.1) is 0 Å². The highest BCUT2D eigenvalue weighted by molar-refractivity contribution is 7.91. The summed E-state index contributed by atoms with van der Waals surface area (Å²) >= 11 is 0. The van der Waals surface area contributed by atoms with Crippen LogP contribution in [0.3, 0.4) is 0 Å². The number of furan rings is 1. The van der Waals surface area contributed by atoms with Gasteiger partial charge in [-0.1, -0.05) is 6.92 Å². The molecule has 5 heteroatoms. The maximum Gasteiger partial charge on any atom is 0.151 e. The van der Waals surface area contributed by atoms with E-state index in [9.17, 15) is 8.42 Å². The van der Waals surface area contributed by atoms with E-state index in [1.165, 1.54) is 0 Å². The van der Waals surface area contributed by atoms with Crippen LogP contribution in [0.25, 0.3) is 0 Å². The van der Waals surface area contributed by atoms with Crippen LogP contribution in [0.4, 0.5) is 0 Å². The Morgan fingerprint density at radius 2 is 2.29 bits per heavy atom. The zero-order valence-electron chi connectivity index (χ0n) is 8.19. The molecule has 4 nitrogen and oxygen atoms in total. The largest absolute Gasteiger partial charge is 0.472 e. The van der Waals surface area contributed by atoms with Gasteiger partial charge in [0.25, 0.3) is 0 Å². The third-order valence-corrected chi connectivity index (χ3v) is 3.64. The number of hydrogen-bond acceptors (Lipinski definition) is 4. The second-order valence-electron chi connectivity index (χ2n) is 3.04.